The summed E-state index contributed by atoms with van der Waals surface area (Å²) in [5.41, 5.74) is 1.38. The van der Waals surface area contributed by atoms with Crippen molar-refractivity contribution in [3.05, 3.63) is 26.6 Å². The van der Waals surface area contributed by atoms with E-state index in [0.717, 1.165) is 36.6 Å². The van der Waals surface area contributed by atoms with Crippen molar-refractivity contribution in [3.8, 4) is 0 Å². The van der Waals surface area contributed by atoms with Crippen LogP contribution in [0.4, 0.5) is 0 Å². The van der Waals surface area contributed by atoms with Gasteiger partial charge in [0, 0.05) is 23.9 Å². The molecule has 1 aliphatic rings. The smallest absolute Gasteiger partial charge is 0.267 e. The molecule has 0 radical (unpaired) electrons. The molecule has 1 aliphatic carbocycles. The number of hydrogen-bond donors (Lipinski definition) is 0. The third-order valence-electron chi connectivity index (χ3n) is 4.06. The second-order valence-corrected chi connectivity index (χ2v) is 7.46. The summed E-state index contributed by atoms with van der Waals surface area (Å²) in [6, 6.07) is 0.171. The van der Waals surface area contributed by atoms with Crippen molar-refractivity contribution >= 4 is 37.8 Å². The monoisotopic (exact) mass is 369 g/mol. The third kappa shape index (κ3) is 2.46. The summed E-state index contributed by atoms with van der Waals surface area (Å²) in [7, 11) is -1.26. The minimum atomic E-state index is -1.26. The van der Waals surface area contributed by atoms with Gasteiger partial charge in [-0.05, 0) is 41.3 Å². The fourth-order valence-corrected chi connectivity index (χ4v) is 3.75. The van der Waals surface area contributed by atoms with Gasteiger partial charge in [0.1, 0.15) is 5.65 Å². The van der Waals surface area contributed by atoms with Gasteiger partial charge < -0.3 is 0 Å². The Labute approximate surface area is 133 Å². The van der Waals surface area contributed by atoms with Crippen LogP contribution in [0.25, 0.3) is 11.0 Å². The highest BCUT2D eigenvalue weighted by Gasteiger charge is 2.23. The Morgan fingerprint density at radius 2 is 2.05 bits per heavy atom. The van der Waals surface area contributed by atoms with Gasteiger partial charge in [0.15, 0.2) is 0 Å². The Morgan fingerprint density at radius 3 is 2.67 bits per heavy atom. The van der Waals surface area contributed by atoms with E-state index in [1.165, 1.54) is 0 Å². The van der Waals surface area contributed by atoms with Crippen molar-refractivity contribution in [1.29, 1.82) is 0 Å². The van der Waals surface area contributed by atoms with Crippen LogP contribution in [0.1, 0.15) is 37.3 Å². The maximum absolute atomic E-state index is 12.7. The summed E-state index contributed by atoms with van der Waals surface area (Å²) < 4.78 is 14.0. The first-order valence-corrected chi connectivity index (χ1v) is 9.26. The topological polar surface area (TPSA) is 64.8 Å². The Hall–Kier alpha value is -1.08. The lowest BCUT2D eigenvalue weighted by molar-refractivity contribution is 0.512. The summed E-state index contributed by atoms with van der Waals surface area (Å²) in [6.45, 7) is 1.87. The molecule has 0 aliphatic heterocycles. The van der Waals surface area contributed by atoms with Gasteiger partial charge >= 0.3 is 0 Å². The number of aromatic nitrogens is 3. The predicted octanol–water partition coefficient (Wildman–Crippen LogP) is 2.71. The fraction of sp³-hybridized carbons (Fsp3) is 0.500. The number of rotatable bonds is 2. The average molecular weight is 370 g/mol. The molecule has 0 amide bonds. The molecule has 2 aromatic heterocycles. The van der Waals surface area contributed by atoms with Gasteiger partial charge in [-0.1, -0.05) is 12.8 Å². The second kappa shape index (κ2) is 5.61. The molecule has 112 valence electrons. The van der Waals surface area contributed by atoms with Crippen LogP contribution in [0.15, 0.2) is 20.6 Å². The van der Waals surface area contributed by atoms with Crippen LogP contribution in [-0.2, 0) is 10.8 Å². The molecular formula is C14H16BrN3O2S. The maximum atomic E-state index is 12.7. The van der Waals surface area contributed by atoms with Crippen molar-refractivity contribution in [2.24, 2.45) is 0 Å². The van der Waals surface area contributed by atoms with Gasteiger partial charge in [0.05, 0.1) is 15.3 Å². The zero-order valence-corrected chi connectivity index (χ0v) is 14.3. The zero-order chi connectivity index (χ0) is 15.1. The van der Waals surface area contributed by atoms with Crippen molar-refractivity contribution in [1.82, 2.24) is 14.5 Å². The van der Waals surface area contributed by atoms with Crippen LogP contribution in [0.3, 0.4) is 0 Å². The largest absolute Gasteiger partial charge is 0.288 e. The first-order chi connectivity index (χ1) is 10.0. The van der Waals surface area contributed by atoms with E-state index in [1.54, 1.807) is 17.0 Å². The Morgan fingerprint density at radius 1 is 1.38 bits per heavy atom. The molecule has 0 unspecified atom stereocenters. The number of halogens is 1. The lowest BCUT2D eigenvalue weighted by Crippen LogP contribution is -2.26. The van der Waals surface area contributed by atoms with E-state index < -0.39 is 10.8 Å². The van der Waals surface area contributed by atoms with Gasteiger partial charge in [-0.25, -0.2) is 9.97 Å². The molecule has 5 nitrogen and oxygen atoms in total. The quantitative estimate of drug-likeness (QED) is 0.763. The van der Waals surface area contributed by atoms with Crippen LogP contribution in [0.2, 0.25) is 0 Å². The molecule has 2 heterocycles. The van der Waals surface area contributed by atoms with Gasteiger partial charge in [-0.3, -0.25) is 13.6 Å². The summed E-state index contributed by atoms with van der Waals surface area (Å²) in [5, 5.41) is 1.11. The summed E-state index contributed by atoms with van der Waals surface area (Å²) in [5.74, 6) is 0. The molecule has 0 aromatic carbocycles. The maximum Gasteiger partial charge on any atom is 0.267 e. The number of fused-ring (bicyclic) bond motifs is 1. The first-order valence-electron chi connectivity index (χ1n) is 6.91. The zero-order valence-electron chi connectivity index (χ0n) is 11.9. The molecule has 0 saturated heterocycles. The number of hydrogen-bond acceptors (Lipinski definition) is 4. The molecule has 1 fully saturated rings. The number of pyridine rings is 1. The van der Waals surface area contributed by atoms with E-state index in [1.807, 2.05) is 6.92 Å². The number of aryl methyl sites for hydroxylation is 1. The van der Waals surface area contributed by atoms with E-state index in [4.69, 9.17) is 0 Å². The summed E-state index contributed by atoms with van der Waals surface area (Å²) in [4.78, 5) is 21.2. The minimum Gasteiger partial charge on any atom is -0.288 e. The normalized spacial score (nSPS) is 17.5. The van der Waals surface area contributed by atoms with Gasteiger partial charge in [-0.2, -0.15) is 0 Å². The highest BCUT2D eigenvalue weighted by molar-refractivity contribution is 9.10. The molecule has 7 heteroatoms. The SMILES string of the molecule is Cc1c(Br)c(=O)n(C2CCCC2)c2nc([S@](C)=O)ncc12. The third-order valence-corrected chi connectivity index (χ3v) is 5.71. The molecule has 0 bridgehead atoms. The second-order valence-electron chi connectivity index (χ2n) is 5.40. The Balaban J connectivity index is 2.39. The van der Waals surface area contributed by atoms with Crippen molar-refractivity contribution in [2.45, 2.75) is 43.8 Å². The lowest BCUT2D eigenvalue weighted by Gasteiger charge is -2.18. The highest BCUT2D eigenvalue weighted by Crippen LogP contribution is 2.32. The molecule has 1 saturated carbocycles. The van der Waals surface area contributed by atoms with Gasteiger partial charge in [-0.15, -0.1) is 0 Å². The summed E-state index contributed by atoms with van der Waals surface area (Å²) in [6.07, 6.45) is 7.44. The van der Waals surface area contributed by atoms with Crippen LogP contribution >= 0.6 is 15.9 Å². The van der Waals surface area contributed by atoms with E-state index in [9.17, 15) is 9.00 Å². The molecule has 1 atom stereocenters. The Bertz CT molecular complexity index is 797. The highest BCUT2D eigenvalue weighted by atomic mass is 79.9. The molecule has 0 spiro atoms. The van der Waals surface area contributed by atoms with Gasteiger partial charge in [0.2, 0.25) is 5.16 Å². The summed E-state index contributed by atoms with van der Waals surface area (Å²) >= 11 is 3.40. The fourth-order valence-electron chi connectivity index (χ4n) is 2.93. The van der Waals surface area contributed by atoms with Gasteiger partial charge in [0.25, 0.3) is 5.56 Å². The minimum absolute atomic E-state index is 0.0570. The standard InChI is InChI=1S/C14H16BrN3O2S/c1-8-10-7-16-14(21(2)20)17-12(10)18(13(19)11(8)15)9-5-3-4-6-9/h7,9H,3-6H2,1-2H3/t21-/m0/s1. The molecule has 2 aromatic rings. The van der Waals surface area contributed by atoms with Crippen molar-refractivity contribution in [3.63, 3.8) is 0 Å². The molecule has 0 N–H and O–H groups in total. The van der Waals surface area contributed by atoms with Crippen LogP contribution < -0.4 is 5.56 Å². The van der Waals surface area contributed by atoms with E-state index in [-0.39, 0.29) is 16.8 Å². The first kappa shape index (κ1) is 14.8. The van der Waals surface area contributed by atoms with Crippen LogP contribution in [0.5, 0.6) is 0 Å². The number of nitrogens with zero attached hydrogens (tertiary/aromatic N) is 3. The molecule has 21 heavy (non-hydrogen) atoms. The van der Waals surface area contributed by atoms with E-state index in [2.05, 4.69) is 25.9 Å². The molecule has 3 rings (SSSR count). The van der Waals surface area contributed by atoms with Crippen molar-refractivity contribution in [2.75, 3.05) is 6.26 Å². The van der Waals surface area contributed by atoms with Crippen LogP contribution in [0, 0.1) is 6.92 Å². The van der Waals surface area contributed by atoms with Crippen molar-refractivity contribution < 1.29 is 4.21 Å². The van der Waals surface area contributed by atoms with E-state index >= 15 is 0 Å². The predicted molar refractivity (Wildman–Crippen MR) is 86.1 cm³/mol. The average Bonchev–Trinajstić information content (AvgIpc) is 2.98. The molecular weight excluding hydrogens is 354 g/mol. The lowest BCUT2D eigenvalue weighted by atomic mass is 10.1. The van der Waals surface area contributed by atoms with E-state index in [0.29, 0.717) is 10.1 Å². The van der Waals surface area contributed by atoms with Crippen LogP contribution in [-0.4, -0.2) is 25.0 Å². The Kier molecular flexibility index (Phi) is 3.96.